The van der Waals surface area contributed by atoms with Gasteiger partial charge in [-0.05, 0) is 18.2 Å². The third-order valence-corrected chi connectivity index (χ3v) is 3.64. The number of hydrogen-bond acceptors (Lipinski definition) is 4. The van der Waals surface area contributed by atoms with E-state index in [4.69, 9.17) is 0 Å². The Morgan fingerprint density at radius 1 is 1.05 bits per heavy atom. The zero-order valence-corrected chi connectivity index (χ0v) is 10.8. The number of carbonyl (C=O) groups is 1. The van der Waals surface area contributed by atoms with E-state index in [0.717, 1.165) is 28.1 Å². The maximum Gasteiger partial charge on any atom is 0.150 e. The molecule has 0 radical (unpaired) electrons. The lowest BCUT2D eigenvalue weighted by Crippen LogP contribution is -1.83. The molecule has 3 aromatic rings. The molecule has 4 heteroatoms. The number of carbonyl (C=O) groups excluding carboxylic acids is 1. The van der Waals surface area contributed by atoms with Crippen molar-refractivity contribution in [2.24, 2.45) is 0 Å². The SMILES string of the molecule is O=Cc1cccc(-c2nc(-c3ccncc3)cs2)c1. The molecule has 0 N–H and O–H groups in total. The molecule has 92 valence electrons. The topological polar surface area (TPSA) is 42.9 Å². The molecule has 0 unspecified atom stereocenters. The van der Waals surface area contributed by atoms with E-state index in [1.165, 1.54) is 0 Å². The van der Waals surface area contributed by atoms with Crippen LogP contribution in [0.4, 0.5) is 0 Å². The van der Waals surface area contributed by atoms with Gasteiger partial charge in [0.25, 0.3) is 0 Å². The second-order valence-corrected chi connectivity index (χ2v) is 4.88. The number of rotatable bonds is 3. The average Bonchev–Trinajstić information content (AvgIpc) is 2.98. The van der Waals surface area contributed by atoms with Crippen LogP contribution >= 0.6 is 11.3 Å². The van der Waals surface area contributed by atoms with E-state index in [-0.39, 0.29) is 0 Å². The zero-order valence-electron chi connectivity index (χ0n) is 9.98. The van der Waals surface area contributed by atoms with E-state index in [1.807, 2.05) is 35.7 Å². The molecule has 0 fully saturated rings. The van der Waals surface area contributed by atoms with Gasteiger partial charge in [-0.25, -0.2) is 4.98 Å². The number of nitrogens with zero attached hydrogens (tertiary/aromatic N) is 2. The van der Waals surface area contributed by atoms with Crippen molar-refractivity contribution in [3.63, 3.8) is 0 Å². The summed E-state index contributed by atoms with van der Waals surface area (Å²) in [5.41, 5.74) is 3.61. The van der Waals surface area contributed by atoms with Crippen molar-refractivity contribution in [1.29, 1.82) is 0 Å². The molecule has 3 rings (SSSR count). The quantitative estimate of drug-likeness (QED) is 0.679. The second kappa shape index (κ2) is 5.12. The number of pyridine rings is 1. The van der Waals surface area contributed by atoms with E-state index in [1.54, 1.807) is 29.8 Å². The number of thiazole rings is 1. The van der Waals surface area contributed by atoms with Gasteiger partial charge in [0.2, 0.25) is 0 Å². The van der Waals surface area contributed by atoms with Crippen molar-refractivity contribution in [2.75, 3.05) is 0 Å². The molecule has 0 atom stereocenters. The van der Waals surface area contributed by atoms with Gasteiger partial charge in [0.05, 0.1) is 5.69 Å². The van der Waals surface area contributed by atoms with Crippen molar-refractivity contribution in [3.8, 4) is 21.8 Å². The predicted octanol–water partition coefficient (Wildman–Crippen LogP) is 3.68. The molecular weight excluding hydrogens is 256 g/mol. The average molecular weight is 266 g/mol. The summed E-state index contributed by atoms with van der Waals surface area (Å²) in [5, 5.41) is 2.92. The standard InChI is InChI=1S/C15H10N2OS/c18-9-11-2-1-3-13(8-11)15-17-14(10-19-15)12-4-6-16-7-5-12/h1-10H. The first kappa shape index (κ1) is 11.7. The van der Waals surface area contributed by atoms with Crippen LogP contribution in [0.3, 0.4) is 0 Å². The normalized spacial score (nSPS) is 10.3. The van der Waals surface area contributed by atoms with Crippen LogP contribution in [0.2, 0.25) is 0 Å². The molecule has 0 aliphatic carbocycles. The van der Waals surface area contributed by atoms with Gasteiger partial charge in [0.1, 0.15) is 11.3 Å². The molecule has 3 nitrogen and oxygen atoms in total. The molecule has 19 heavy (non-hydrogen) atoms. The maximum absolute atomic E-state index is 10.8. The Kier molecular flexibility index (Phi) is 3.16. The molecule has 2 aromatic heterocycles. The summed E-state index contributed by atoms with van der Waals surface area (Å²) in [6.45, 7) is 0. The fourth-order valence-corrected chi connectivity index (χ4v) is 2.63. The van der Waals surface area contributed by atoms with Gasteiger partial charge in [-0.15, -0.1) is 11.3 Å². The van der Waals surface area contributed by atoms with Crippen molar-refractivity contribution < 1.29 is 4.79 Å². The van der Waals surface area contributed by atoms with Crippen molar-refractivity contribution in [2.45, 2.75) is 0 Å². The minimum absolute atomic E-state index is 0.665. The van der Waals surface area contributed by atoms with Gasteiger partial charge in [-0.3, -0.25) is 9.78 Å². The molecule has 0 spiro atoms. The van der Waals surface area contributed by atoms with Gasteiger partial charge in [-0.1, -0.05) is 18.2 Å². The fraction of sp³-hybridized carbons (Fsp3) is 0. The summed E-state index contributed by atoms with van der Waals surface area (Å²) in [6, 6.07) is 11.3. The lowest BCUT2D eigenvalue weighted by atomic mass is 10.1. The third-order valence-electron chi connectivity index (χ3n) is 2.75. The van der Waals surface area contributed by atoms with Gasteiger partial charge >= 0.3 is 0 Å². The fourth-order valence-electron chi connectivity index (χ4n) is 1.81. The summed E-state index contributed by atoms with van der Waals surface area (Å²) in [5.74, 6) is 0. The molecule has 1 aromatic carbocycles. The van der Waals surface area contributed by atoms with Crippen molar-refractivity contribution >= 4 is 17.6 Å². The minimum Gasteiger partial charge on any atom is -0.298 e. The van der Waals surface area contributed by atoms with Crippen LogP contribution < -0.4 is 0 Å². The summed E-state index contributed by atoms with van der Waals surface area (Å²) < 4.78 is 0. The third kappa shape index (κ3) is 2.44. The highest BCUT2D eigenvalue weighted by Gasteiger charge is 2.06. The van der Waals surface area contributed by atoms with Crippen LogP contribution in [0.15, 0.2) is 54.2 Å². The first-order valence-electron chi connectivity index (χ1n) is 5.78. The Morgan fingerprint density at radius 3 is 2.68 bits per heavy atom. The van der Waals surface area contributed by atoms with Gasteiger partial charge in [0.15, 0.2) is 0 Å². The Labute approximate surface area is 114 Å². The first-order valence-corrected chi connectivity index (χ1v) is 6.66. The van der Waals surface area contributed by atoms with E-state index in [9.17, 15) is 4.79 Å². The van der Waals surface area contributed by atoms with Crippen LogP contribution in [0.5, 0.6) is 0 Å². The van der Waals surface area contributed by atoms with Crippen LogP contribution in [-0.2, 0) is 0 Å². The predicted molar refractivity (Wildman–Crippen MR) is 76.2 cm³/mol. The zero-order chi connectivity index (χ0) is 13.1. The molecule has 0 aliphatic heterocycles. The maximum atomic E-state index is 10.8. The summed E-state index contributed by atoms with van der Waals surface area (Å²) >= 11 is 1.57. The highest BCUT2D eigenvalue weighted by atomic mass is 32.1. The van der Waals surface area contributed by atoms with E-state index in [2.05, 4.69) is 9.97 Å². The Balaban J connectivity index is 1.99. The van der Waals surface area contributed by atoms with Crippen molar-refractivity contribution in [1.82, 2.24) is 9.97 Å². The van der Waals surface area contributed by atoms with Crippen molar-refractivity contribution in [3.05, 3.63) is 59.7 Å². The molecule has 0 aliphatic rings. The summed E-state index contributed by atoms with van der Waals surface area (Å²) in [6.07, 6.45) is 4.35. The van der Waals surface area contributed by atoms with Gasteiger partial charge in [0, 0.05) is 34.5 Å². The lowest BCUT2D eigenvalue weighted by Gasteiger charge is -1.97. The highest BCUT2D eigenvalue weighted by Crippen LogP contribution is 2.28. The first-order chi connectivity index (χ1) is 9.36. The Hall–Kier alpha value is -2.33. The molecule has 2 heterocycles. The molecule has 0 bridgehead atoms. The van der Waals surface area contributed by atoms with Gasteiger partial charge < -0.3 is 0 Å². The van der Waals surface area contributed by atoms with Crippen LogP contribution in [0.1, 0.15) is 10.4 Å². The second-order valence-electron chi connectivity index (χ2n) is 4.02. The van der Waals surface area contributed by atoms with Crippen LogP contribution in [0.25, 0.3) is 21.8 Å². The summed E-state index contributed by atoms with van der Waals surface area (Å²) in [4.78, 5) is 19.4. The number of benzene rings is 1. The number of hydrogen-bond donors (Lipinski definition) is 0. The largest absolute Gasteiger partial charge is 0.298 e. The van der Waals surface area contributed by atoms with E-state index in [0.29, 0.717) is 5.56 Å². The molecule has 0 saturated carbocycles. The van der Waals surface area contributed by atoms with Crippen LogP contribution in [0, 0.1) is 0 Å². The minimum atomic E-state index is 0.665. The summed E-state index contributed by atoms with van der Waals surface area (Å²) in [7, 11) is 0. The Morgan fingerprint density at radius 2 is 1.89 bits per heavy atom. The Bertz CT molecular complexity index is 707. The smallest absolute Gasteiger partial charge is 0.150 e. The molecular formula is C15H10N2OS. The monoisotopic (exact) mass is 266 g/mol. The van der Waals surface area contributed by atoms with E-state index >= 15 is 0 Å². The van der Waals surface area contributed by atoms with Gasteiger partial charge in [-0.2, -0.15) is 0 Å². The lowest BCUT2D eigenvalue weighted by molar-refractivity contribution is 0.112. The van der Waals surface area contributed by atoms with E-state index < -0.39 is 0 Å². The highest BCUT2D eigenvalue weighted by molar-refractivity contribution is 7.13. The molecule has 0 amide bonds. The molecule has 0 saturated heterocycles. The number of aldehydes is 1. The van der Waals surface area contributed by atoms with Crippen LogP contribution in [-0.4, -0.2) is 16.3 Å². The number of aromatic nitrogens is 2.